The minimum Gasteiger partial charge on any atom is -0.388 e. The molecule has 0 aromatic heterocycles. The van der Waals surface area contributed by atoms with Crippen LogP contribution in [0.4, 0.5) is 0 Å². The summed E-state index contributed by atoms with van der Waals surface area (Å²) >= 11 is 0. The number of nitrogens with zero attached hydrogens (tertiary/aromatic N) is 1. The Kier molecular flexibility index (Phi) is 3.45. The average molecular weight is 333 g/mol. The van der Waals surface area contributed by atoms with Crippen LogP contribution < -0.4 is 0 Å². The van der Waals surface area contributed by atoms with Gasteiger partial charge in [0.05, 0.1) is 29.5 Å². The Morgan fingerprint density at radius 3 is 2.04 bits per heavy atom. The number of aliphatic hydroxyl groups is 4. The molecule has 5 nitrogen and oxygen atoms in total. The molecule has 4 N–H and O–H groups in total. The normalized spacial score (nSPS) is 46.1. The fraction of sp³-hybridized carbons (Fsp3) is 0.737. The van der Waals surface area contributed by atoms with E-state index in [4.69, 9.17) is 5.26 Å². The molecule has 1 saturated carbocycles. The van der Waals surface area contributed by atoms with Crippen LogP contribution in [0.3, 0.4) is 0 Å². The molecule has 3 aliphatic carbocycles. The highest BCUT2D eigenvalue weighted by Crippen LogP contribution is 2.71. The Bertz CT molecular complexity index is 701. The van der Waals surface area contributed by atoms with Gasteiger partial charge in [0.1, 0.15) is 0 Å². The SMILES string of the molecule is CC(C)=C1C2=C(C(O)C(C)(CC#N)C2O)C(C)(O)C2(CC2)C1(C)O. The van der Waals surface area contributed by atoms with Crippen LogP contribution in [0, 0.1) is 22.2 Å². The molecular weight excluding hydrogens is 306 g/mol. The minimum atomic E-state index is -1.43. The lowest BCUT2D eigenvalue weighted by Crippen LogP contribution is -2.58. The molecular formula is C19H27NO4. The van der Waals surface area contributed by atoms with Crippen LogP contribution in [-0.2, 0) is 0 Å². The van der Waals surface area contributed by atoms with Gasteiger partial charge < -0.3 is 20.4 Å². The number of hydrogen-bond donors (Lipinski definition) is 4. The van der Waals surface area contributed by atoms with Crippen molar-refractivity contribution >= 4 is 0 Å². The van der Waals surface area contributed by atoms with Crippen molar-refractivity contribution in [3.05, 3.63) is 22.3 Å². The summed E-state index contributed by atoms with van der Waals surface area (Å²) in [6, 6.07) is 2.04. The topological polar surface area (TPSA) is 105 Å². The maximum absolute atomic E-state index is 11.4. The number of aliphatic hydroxyl groups excluding tert-OH is 2. The molecule has 0 amide bonds. The minimum absolute atomic E-state index is 0.0381. The summed E-state index contributed by atoms with van der Waals surface area (Å²) in [6.07, 6.45) is -0.971. The van der Waals surface area contributed by atoms with Gasteiger partial charge in [-0.2, -0.15) is 5.26 Å². The van der Waals surface area contributed by atoms with Crippen molar-refractivity contribution in [3.8, 4) is 6.07 Å². The van der Waals surface area contributed by atoms with E-state index in [0.717, 1.165) is 5.57 Å². The van der Waals surface area contributed by atoms with E-state index in [-0.39, 0.29) is 6.42 Å². The lowest BCUT2D eigenvalue weighted by atomic mass is 9.59. The van der Waals surface area contributed by atoms with Gasteiger partial charge in [0.25, 0.3) is 0 Å². The molecule has 1 fully saturated rings. The van der Waals surface area contributed by atoms with Crippen molar-refractivity contribution in [2.24, 2.45) is 10.8 Å². The Morgan fingerprint density at radius 1 is 1.08 bits per heavy atom. The van der Waals surface area contributed by atoms with Gasteiger partial charge in [-0.1, -0.05) is 12.5 Å². The van der Waals surface area contributed by atoms with Crippen LogP contribution >= 0.6 is 0 Å². The van der Waals surface area contributed by atoms with Crippen LogP contribution in [0.15, 0.2) is 22.3 Å². The summed E-state index contributed by atoms with van der Waals surface area (Å²) in [5.41, 5.74) is -2.33. The maximum atomic E-state index is 11.4. The van der Waals surface area contributed by atoms with Crippen molar-refractivity contribution in [3.63, 3.8) is 0 Å². The second-order valence-corrected chi connectivity index (χ2v) is 8.57. The highest BCUT2D eigenvalue weighted by molar-refractivity contribution is 5.61. The number of hydrogen-bond acceptors (Lipinski definition) is 5. The fourth-order valence-electron chi connectivity index (χ4n) is 5.36. The van der Waals surface area contributed by atoms with Crippen molar-refractivity contribution < 1.29 is 20.4 Å². The van der Waals surface area contributed by atoms with Gasteiger partial charge in [-0.15, -0.1) is 0 Å². The third-order valence-corrected chi connectivity index (χ3v) is 6.94. The van der Waals surface area contributed by atoms with Gasteiger partial charge in [-0.3, -0.25) is 0 Å². The van der Waals surface area contributed by atoms with Gasteiger partial charge in [0.15, 0.2) is 0 Å². The zero-order chi connectivity index (χ0) is 18.3. The third kappa shape index (κ3) is 1.68. The van der Waals surface area contributed by atoms with Crippen molar-refractivity contribution in [1.82, 2.24) is 0 Å². The third-order valence-electron chi connectivity index (χ3n) is 6.94. The van der Waals surface area contributed by atoms with Gasteiger partial charge in [-0.25, -0.2) is 0 Å². The van der Waals surface area contributed by atoms with E-state index in [1.807, 2.05) is 19.9 Å². The van der Waals surface area contributed by atoms with Crippen LogP contribution in [0.2, 0.25) is 0 Å². The zero-order valence-electron chi connectivity index (χ0n) is 15.0. The second-order valence-electron chi connectivity index (χ2n) is 8.57. The molecule has 5 atom stereocenters. The summed E-state index contributed by atoms with van der Waals surface area (Å²) in [5, 5.41) is 53.9. The van der Waals surface area contributed by atoms with Crippen LogP contribution in [-0.4, -0.2) is 43.8 Å². The summed E-state index contributed by atoms with van der Waals surface area (Å²) in [5.74, 6) is 0. The van der Waals surface area contributed by atoms with E-state index in [1.54, 1.807) is 20.8 Å². The quantitative estimate of drug-likeness (QED) is 0.583. The molecule has 5 unspecified atom stereocenters. The number of nitriles is 1. The van der Waals surface area contributed by atoms with Gasteiger partial charge in [0, 0.05) is 17.3 Å². The first kappa shape index (κ1) is 17.6. The molecule has 3 rings (SSSR count). The van der Waals surface area contributed by atoms with Crippen LogP contribution in [0.5, 0.6) is 0 Å². The molecule has 0 bridgehead atoms. The highest BCUT2D eigenvalue weighted by Gasteiger charge is 2.74. The van der Waals surface area contributed by atoms with E-state index >= 15 is 0 Å². The molecule has 0 aliphatic heterocycles. The summed E-state index contributed by atoms with van der Waals surface area (Å²) in [7, 11) is 0. The Labute approximate surface area is 142 Å². The van der Waals surface area contributed by atoms with Crippen molar-refractivity contribution in [1.29, 1.82) is 5.26 Å². The predicted molar refractivity (Wildman–Crippen MR) is 88.7 cm³/mol. The summed E-state index contributed by atoms with van der Waals surface area (Å²) in [6.45, 7) is 8.71. The monoisotopic (exact) mass is 333 g/mol. The zero-order valence-corrected chi connectivity index (χ0v) is 15.0. The van der Waals surface area contributed by atoms with E-state index < -0.39 is 34.2 Å². The number of allylic oxidation sites excluding steroid dienone is 1. The Balaban J connectivity index is 2.34. The Morgan fingerprint density at radius 2 is 1.62 bits per heavy atom. The maximum Gasteiger partial charge on any atom is 0.0958 e. The molecule has 0 aromatic rings. The second kappa shape index (κ2) is 4.70. The standard InChI is InChI=1S/C19H27NO4/c1-10(2)12-11-13(15(22)16(3,8-9-20)14(11)21)18(5,24)19(6-7-19)17(12,4)23/h14-15,21-24H,6-8H2,1-5H3. The molecule has 1 spiro atoms. The molecule has 5 heteroatoms. The van der Waals surface area contributed by atoms with E-state index in [9.17, 15) is 20.4 Å². The molecule has 0 radical (unpaired) electrons. The van der Waals surface area contributed by atoms with Gasteiger partial charge >= 0.3 is 0 Å². The summed E-state index contributed by atoms with van der Waals surface area (Å²) in [4.78, 5) is 0. The first-order valence-corrected chi connectivity index (χ1v) is 8.51. The largest absolute Gasteiger partial charge is 0.388 e. The first-order valence-electron chi connectivity index (χ1n) is 8.51. The average Bonchev–Trinajstić information content (AvgIpc) is 3.22. The first-order chi connectivity index (χ1) is 10.9. The van der Waals surface area contributed by atoms with E-state index in [1.165, 1.54) is 0 Å². The van der Waals surface area contributed by atoms with E-state index in [2.05, 4.69) is 0 Å². The predicted octanol–water partition coefficient (Wildman–Crippen LogP) is 1.57. The Hall–Kier alpha value is -1.19. The molecule has 24 heavy (non-hydrogen) atoms. The van der Waals surface area contributed by atoms with Gasteiger partial charge in [0.2, 0.25) is 0 Å². The molecule has 0 heterocycles. The molecule has 132 valence electrons. The van der Waals surface area contributed by atoms with Crippen molar-refractivity contribution in [2.75, 3.05) is 0 Å². The fourth-order valence-corrected chi connectivity index (χ4v) is 5.36. The summed E-state index contributed by atoms with van der Waals surface area (Å²) < 4.78 is 0. The lowest BCUT2D eigenvalue weighted by molar-refractivity contribution is -0.105. The van der Waals surface area contributed by atoms with Gasteiger partial charge in [-0.05, 0) is 57.3 Å². The van der Waals surface area contributed by atoms with Crippen molar-refractivity contribution in [2.45, 2.75) is 77.3 Å². The molecule has 0 saturated heterocycles. The number of rotatable bonds is 1. The smallest absolute Gasteiger partial charge is 0.0958 e. The van der Waals surface area contributed by atoms with Crippen LogP contribution in [0.1, 0.15) is 53.9 Å². The molecule has 3 aliphatic rings. The van der Waals surface area contributed by atoms with Crippen LogP contribution in [0.25, 0.3) is 0 Å². The highest BCUT2D eigenvalue weighted by atomic mass is 16.3. The molecule has 0 aromatic carbocycles. The van der Waals surface area contributed by atoms with E-state index in [0.29, 0.717) is 29.6 Å². The lowest BCUT2D eigenvalue weighted by Gasteiger charge is -2.51.